The molecule has 3 rings (SSSR count). The SMILES string of the molecule is CCOc1ccc(S(=O)(=O)N2CCC(C(=O)OC(C)C(=O)NC3CC3)CC2)cc1. The van der Waals surface area contributed by atoms with Gasteiger partial charge in [-0.25, -0.2) is 8.42 Å². The van der Waals surface area contributed by atoms with E-state index < -0.39 is 28.0 Å². The summed E-state index contributed by atoms with van der Waals surface area (Å²) in [7, 11) is -3.62. The van der Waals surface area contributed by atoms with Gasteiger partial charge in [-0.2, -0.15) is 4.31 Å². The second-order valence-corrected chi connectivity index (χ2v) is 9.38. The first-order chi connectivity index (χ1) is 13.8. The van der Waals surface area contributed by atoms with Gasteiger partial charge in [0.25, 0.3) is 5.91 Å². The van der Waals surface area contributed by atoms with Crippen LogP contribution >= 0.6 is 0 Å². The molecule has 2 aliphatic rings. The van der Waals surface area contributed by atoms with Gasteiger partial charge in [-0.05, 0) is 63.8 Å². The van der Waals surface area contributed by atoms with E-state index in [0.717, 1.165) is 12.8 Å². The Labute approximate surface area is 171 Å². The van der Waals surface area contributed by atoms with Gasteiger partial charge in [-0.3, -0.25) is 9.59 Å². The fraction of sp³-hybridized carbons (Fsp3) is 0.600. The molecule has 2 fully saturated rings. The average Bonchev–Trinajstić information content (AvgIpc) is 3.52. The van der Waals surface area contributed by atoms with Crippen molar-refractivity contribution in [3.05, 3.63) is 24.3 Å². The number of piperidine rings is 1. The normalized spacial score (nSPS) is 19.4. The van der Waals surface area contributed by atoms with Crippen molar-refractivity contribution < 1.29 is 27.5 Å². The zero-order valence-corrected chi connectivity index (χ0v) is 17.6. The second kappa shape index (κ2) is 9.13. The highest BCUT2D eigenvalue weighted by atomic mass is 32.2. The van der Waals surface area contributed by atoms with Gasteiger partial charge in [0.15, 0.2) is 6.10 Å². The van der Waals surface area contributed by atoms with Crippen LogP contribution in [0.1, 0.15) is 39.5 Å². The van der Waals surface area contributed by atoms with Crippen molar-refractivity contribution in [3.8, 4) is 5.75 Å². The molecule has 0 bridgehead atoms. The van der Waals surface area contributed by atoms with Gasteiger partial charge < -0.3 is 14.8 Å². The van der Waals surface area contributed by atoms with Crippen molar-refractivity contribution in [3.63, 3.8) is 0 Å². The summed E-state index contributed by atoms with van der Waals surface area (Å²) in [4.78, 5) is 24.5. The Morgan fingerprint density at radius 3 is 2.31 bits per heavy atom. The van der Waals surface area contributed by atoms with E-state index in [4.69, 9.17) is 9.47 Å². The summed E-state index contributed by atoms with van der Waals surface area (Å²) < 4.78 is 37.7. The Hall–Kier alpha value is -2.13. The monoisotopic (exact) mass is 424 g/mol. The van der Waals surface area contributed by atoms with Crippen molar-refractivity contribution >= 4 is 21.9 Å². The summed E-state index contributed by atoms with van der Waals surface area (Å²) in [5.74, 6) is -0.511. The molecule has 1 N–H and O–H groups in total. The average molecular weight is 425 g/mol. The predicted octanol–water partition coefficient (Wildman–Crippen LogP) is 1.70. The van der Waals surface area contributed by atoms with Gasteiger partial charge in [-0.1, -0.05) is 0 Å². The molecule has 0 radical (unpaired) electrons. The lowest BCUT2D eigenvalue weighted by Gasteiger charge is -2.30. The summed E-state index contributed by atoms with van der Waals surface area (Å²) in [6.45, 7) is 4.40. The number of ether oxygens (including phenoxy) is 2. The number of sulfonamides is 1. The van der Waals surface area contributed by atoms with E-state index in [9.17, 15) is 18.0 Å². The number of rotatable bonds is 8. The molecule has 9 heteroatoms. The van der Waals surface area contributed by atoms with E-state index in [-0.39, 0.29) is 29.9 Å². The van der Waals surface area contributed by atoms with Crippen LogP contribution in [0.15, 0.2) is 29.2 Å². The molecule has 1 saturated carbocycles. The predicted molar refractivity (Wildman–Crippen MR) is 106 cm³/mol. The highest BCUT2D eigenvalue weighted by Gasteiger charge is 2.34. The van der Waals surface area contributed by atoms with Crippen LogP contribution in [0.5, 0.6) is 5.75 Å². The number of nitrogens with zero attached hydrogens (tertiary/aromatic N) is 1. The molecule has 29 heavy (non-hydrogen) atoms. The van der Waals surface area contributed by atoms with Crippen molar-refractivity contribution in [1.82, 2.24) is 9.62 Å². The zero-order valence-electron chi connectivity index (χ0n) is 16.8. The number of nitrogens with one attached hydrogen (secondary N) is 1. The van der Waals surface area contributed by atoms with E-state index in [1.165, 1.54) is 16.4 Å². The largest absolute Gasteiger partial charge is 0.494 e. The molecule has 1 heterocycles. The highest BCUT2D eigenvalue weighted by molar-refractivity contribution is 7.89. The third kappa shape index (κ3) is 5.48. The summed E-state index contributed by atoms with van der Waals surface area (Å²) in [6, 6.07) is 6.53. The van der Waals surface area contributed by atoms with Crippen molar-refractivity contribution in [2.24, 2.45) is 5.92 Å². The molecule has 1 aliphatic heterocycles. The maximum Gasteiger partial charge on any atom is 0.309 e. The fourth-order valence-electron chi connectivity index (χ4n) is 3.23. The third-order valence-electron chi connectivity index (χ3n) is 5.15. The van der Waals surface area contributed by atoms with Crippen molar-refractivity contribution in [2.45, 2.75) is 56.6 Å². The molecular formula is C20H28N2O6S. The first kappa shape index (κ1) is 21.6. The van der Waals surface area contributed by atoms with E-state index >= 15 is 0 Å². The van der Waals surface area contributed by atoms with Crippen LogP contribution in [-0.2, 0) is 24.3 Å². The molecule has 1 amide bonds. The van der Waals surface area contributed by atoms with Gasteiger partial charge >= 0.3 is 5.97 Å². The Bertz CT molecular complexity index is 827. The van der Waals surface area contributed by atoms with Gasteiger partial charge in [0, 0.05) is 19.1 Å². The molecular weight excluding hydrogens is 396 g/mol. The van der Waals surface area contributed by atoms with Gasteiger partial charge in [0.2, 0.25) is 10.0 Å². The molecule has 1 aliphatic carbocycles. The second-order valence-electron chi connectivity index (χ2n) is 7.44. The first-order valence-electron chi connectivity index (χ1n) is 10.0. The molecule has 0 aromatic heterocycles. The highest BCUT2D eigenvalue weighted by Crippen LogP contribution is 2.26. The van der Waals surface area contributed by atoms with E-state index in [1.54, 1.807) is 19.1 Å². The molecule has 1 aromatic carbocycles. The van der Waals surface area contributed by atoms with Crippen LogP contribution in [0.3, 0.4) is 0 Å². The summed E-state index contributed by atoms with van der Waals surface area (Å²) in [5, 5.41) is 2.81. The lowest BCUT2D eigenvalue weighted by molar-refractivity contribution is -0.159. The van der Waals surface area contributed by atoms with Crippen molar-refractivity contribution in [2.75, 3.05) is 19.7 Å². The minimum Gasteiger partial charge on any atom is -0.494 e. The van der Waals surface area contributed by atoms with Crippen LogP contribution in [0.2, 0.25) is 0 Å². The van der Waals surface area contributed by atoms with Crippen molar-refractivity contribution in [1.29, 1.82) is 0 Å². The Morgan fingerprint density at radius 1 is 1.14 bits per heavy atom. The molecule has 8 nitrogen and oxygen atoms in total. The molecule has 1 unspecified atom stereocenters. The maximum atomic E-state index is 12.8. The Morgan fingerprint density at radius 2 is 1.76 bits per heavy atom. The van der Waals surface area contributed by atoms with Crippen LogP contribution < -0.4 is 10.1 Å². The van der Waals surface area contributed by atoms with Crippen LogP contribution in [0.25, 0.3) is 0 Å². The number of amides is 1. The van der Waals surface area contributed by atoms with E-state index in [0.29, 0.717) is 25.2 Å². The number of carbonyl (C=O) groups excluding carboxylic acids is 2. The van der Waals surface area contributed by atoms with Gasteiger partial charge in [0.05, 0.1) is 17.4 Å². The van der Waals surface area contributed by atoms with Gasteiger partial charge in [-0.15, -0.1) is 0 Å². The maximum absolute atomic E-state index is 12.8. The number of benzene rings is 1. The van der Waals surface area contributed by atoms with Gasteiger partial charge in [0.1, 0.15) is 5.75 Å². The number of hydrogen-bond acceptors (Lipinski definition) is 6. The quantitative estimate of drug-likeness (QED) is 0.637. The Kier molecular flexibility index (Phi) is 6.79. The molecule has 1 atom stereocenters. The minimum atomic E-state index is -3.62. The van der Waals surface area contributed by atoms with Crippen LogP contribution in [0, 0.1) is 5.92 Å². The number of hydrogen-bond donors (Lipinski definition) is 1. The number of esters is 1. The molecule has 160 valence electrons. The lowest BCUT2D eigenvalue weighted by Crippen LogP contribution is -2.42. The Balaban J connectivity index is 1.52. The fourth-order valence-corrected chi connectivity index (χ4v) is 4.70. The topological polar surface area (TPSA) is 102 Å². The molecule has 1 aromatic rings. The first-order valence-corrected chi connectivity index (χ1v) is 11.5. The van der Waals surface area contributed by atoms with E-state index in [2.05, 4.69) is 5.32 Å². The van der Waals surface area contributed by atoms with Crippen LogP contribution in [0.4, 0.5) is 0 Å². The standard InChI is InChI=1S/C20H28N2O6S/c1-3-27-17-6-8-18(9-7-17)29(25,26)22-12-10-15(11-13-22)20(24)28-14(2)19(23)21-16-4-5-16/h6-9,14-16H,3-5,10-13H2,1-2H3,(H,21,23). The summed E-state index contributed by atoms with van der Waals surface area (Å²) >= 11 is 0. The lowest BCUT2D eigenvalue weighted by atomic mass is 9.98. The van der Waals surface area contributed by atoms with Crippen LogP contribution in [-0.4, -0.2) is 56.4 Å². The molecule has 0 spiro atoms. The smallest absolute Gasteiger partial charge is 0.309 e. The molecule has 1 saturated heterocycles. The summed E-state index contributed by atoms with van der Waals surface area (Å²) in [5.41, 5.74) is 0. The number of carbonyl (C=O) groups is 2. The van der Waals surface area contributed by atoms with E-state index in [1.807, 2.05) is 6.92 Å². The zero-order chi connectivity index (χ0) is 21.0. The third-order valence-corrected chi connectivity index (χ3v) is 7.06. The minimum absolute atomic E-state index is 0.201. The summed E-state index contributed by atoms with van der Waals surface area (Å²) in [6.07, 6.45) is 1.83.